The normalized spacial score (nSPS) is 20.6. The Morgan fingerprint density at radius 2 is 1.90 bits per heavy atom. The summed E-state index contributed by atoms with van der Waals surface area (Å²) in [7, 11) is 1.99. The Kier molecular flexibility index (Phi) is 6.95. The van der Waals surface area contributed by atoms with E-state index in [-0.39, 0.29) is 5.91 Å². The minimum Gasteiger partial charge on any atom is -0.342 e. The third kappa shape index (κ3) is 5.36. The molecule has 1 saturated heterocycles. The molecule has 1 saturated carbocycles. The molecule has 1 N–H and O–H groups in total. The molecule has 3 heterocycles. The molecule has 0 radical (unpaired) electrons. The molecule has 1 aliphatic heterocycles. The van der Waals surface area contributed by atoms with Crippen LogP contribution in [0.5, 0.6) is 0 Å². The largest absolute Gasteiger partial charge is 0.342 e. The van der Waals surface area contributed by atoms with Crippen molar-refractivity contribution in [1.82, 2.24) is 19.8 Å². The minimum absolute atomic E-state index is 0.265. The van der Waals surface area contributed by atoms with Crippen LogP contribution < -0.4 is 5.32 Å². The third-order valence-electron chi connectivity index (χ3n) is 6.49. The average Bonchev–Trinajstić information content (AvgIpc) is 2.80. The van der Waals surface area contributed by atoms with Crippen LogP contribution in [0.3, 0.4) is 0 Å². The van der Waals surface area contributed by atoms with Crippen LogP contribution in [0, 0.1) is 0 Å². The lowest BCUT2D eigenvalue weighted by Crippen LogP contribution is -2.46. The maximum Gasteiger partial charge on any atom is 0.236 e. The molecule has 2 aromatic heterocycles. The van der Waals surface area contributed by atoms with E-state index in [0.29, 0.717) is 18.5 Å². The van der Waals surface area contributed by atoms with Gasteiger partial charge in [-0.2, -0.15) is 0 Å². The van der Waals surface area contributed by atoms with E-state index in [2.05, 4.69) is 27.3 Å². The number of pyridine rings is 2. The van der Waals surface area contributed by atoms with Crippen molar-refractivity contribution in [3.8, 4) is 0 Å². The first-order valence-corrected chi connectivity index (χ1v) is 11.3. The fourth-order valence-corrected chi connectivity index (χ4v) is 4.73. The Labute approximate surface area is 179 Å². The molecule has 2 aliphatic rings. The summed E-state index contributed by atoms with van der Waals surface area (Å²) in [6.45, 7) is 2.41. The van der Waals surface area contributed by atoms with Gasteiger partial charge >= 0.3 is 0 Å². The van der Waals surface area contributed by atoms with Crippen LogP contribution in [0.15, 0.2) is 42.6 Å². The molecule has 0 aromatic carbocycles. The Morgan fingerprint density at radius 3 is 2.70 bits per heavy atom. The van der Waals surface area contributed by atoms with Gasteiger partial charge in [0.1, 0.15) is 11.6 Å². The van der Waals surface area contributed by atoms with Gasteiger partial charge in [-0.25, -0.2) is 9.97 Å². The SMILES string of the molecule is CN(C(=O)CN1CCCC(c2cccc(Nc3ccccn3)n2)C1)C1CCCCC1. The molecule has 1 unspecified atom stereocenters. The lowest BCUT2D eigenvalue weighted by Gasteiger charge is -2.36. The molecule has 4 rings (SSSR count). The second kappa shape index (κ2) is 10.0. The number of likely N-dealkylation sites (N-methyl/N-ethyl adjacent to an activating group) is 1. The Bertz CT molecular complexity index is 821. The number of amides is 1. The number of anilines is 2. The second-order valence-corrected chi connectivity index (χ2v) is 8.66. The lowest BCUT2D eigenvalue weighted by atomic mass is 9.93. The molecule has 0 bridgehead atoms. The van der Waals surface area contributed by atoms with Crippen molar-refractivity contribution in [2.45, 2.75) is 56.9 Å². The zero-order valence-corrected chi connectivity index (χ0v) is 18.0. The monoisotopic (exact) mass is 407 g/mol. The molecule has 6 nitrogen and oxygen atoms in total. The van der Waals surface area contributed by atoms with E-state index in [1.807, 2.05) is 36.2 Å². The van der Waals surface area contributed by atoms with E-state index in [9.17, 15) is 4.79 Å². The predicted octanol–water partition coefficient (Wildman–Crippen LogP) is 4.19. The quantitative estimate of drug-likeness (QED) is 0.778. The van der Waals surface area contributed by atoms with Crippen LogP contribution in [0.1, 0.15) is 56.6 Å². The highest BCUT2D eigenvalue weighted by Crippen LogP contribution is 2.27. The van der Waals surface area contributed by atoms with Gasteiger partial charge in [-0.3, -0.25) is 9.69 Å². The maximum absolute atomic E-state index is 12.9. The molecule has 30 heavy (non-hydrogen) atoms. The summed E-state index contributed by atoms with van der Waals surface area (Å²) >= 11 is 0. The molecular weight excluding hydrogens is 374 g/mol. The topological polar surface area (TPSA) is 61.4 Å². The smallest absolute Gasteiger partial charge is 0.236 e. The van der Waals surface area contributed by atoms with Crippen molar-refractivity contribution in [1.29, 1.82) is 0 Å². The molecule has 2 fully saturated rings. The van der Waals surface area contributed by atoms with Crippen LogP contribution in [-0.2, 0) is 4.79 Å². The van der Waals surface area contributed by atoms with Gasteiger partial charge in [0.2, 0.25) is 5.91 Å². The number of nitrogens with zero attached hydrogens (tertiary/aromatic N) is 4. The first-order chi connectivity index (χ1) is 14.7. The summed E-state index contributed by atoms with van der Waals surface area (Å²) in [6, 6.07) is 12.4. The van der Waals surface area contributed by atoms with Crippen molar-refractivity contribution >= 4 is 17.5 Å². The van der Waals surface area contributed by atoms with Gasteiger partial charge in [0.15, 0.2) is 0 Å². The summed E-state index contributed by atoms with van der Waals surface area (Å²) in [5.74, 6) is 2.23. The number of rotatable bonds is 6. The van der Waals surface area contributed by atoms with E-state index in [1.54, 1.807) is 6.20 Å². The van der Waals surface area contributed by atoms with Crippen molar-refractivity contribution in [2.24, 2.45) is 0 Å². The van der Waals surface area contributed by atoms with Crippen LogP contribution in [0.25, 0.3) is 0 Å². The van der Waals surface area contributed by atoms with Gasteiger partial charge in [0, 0.05) is 37.4 Å². The predicted molar refractivity (Wildman–Crippen MR) is 120 cm³/mol. The van der Waals surface area contributed by atoms with Crippen LogP contribution >= 0.6 is 0 Å². The number of likely N-dealkylation sites (tertiary alicyclic amines) is 1. The van der Waals surface area contributed by atoms with E-state index >= 15 is 0 Å². The van der Waals surface area contributed by atoms with E-state index < -0.39 is 0 Å². The molecular formula is C24H33N5O. The number of piperidine rings is 1. The van der Waals surface area contributed by atoms with Crippen molar-refractivity contribution in [3.05, 3.63) is 48.3 Å². The molecule has 2 aromatic rings. The first-order valence-electron chi connectivity index (χ1n) is 11.3. The first kappa shape index (κ1) is 20.8. The van der Waals surface area contributed by atoms with E-state index in [1.165, 1.54) is 19.3 Å². The summed E-state index contributed by atoms with van der Waals surface area (Å²) in [6.07, 6.45) is 10.1. The van der Waals surface area contributed by atoms with Crippen molar-refractivity contribution in [3.63, 3.8) is 0 Å². The fraction of sp³-hybridized carbons (Fsp3) is 0.542. The Balaban J connectivity index is 1.35. The molecule has 0 spiro atoms. The lowest BCUT2D eigenvalue weighted by molar-refractivity contribution is -0.134. The van der Waals surface area contributed by atoms with Gasteiger partial charge in [-0.1, -0.05) is 31.4 Å². The minimum atomic E-state index is 0.265. The maximum atomic E-state index is 12.9. The van der Waals surface area contributed by atoms with Gasteiger partial charge in [0.05, 0.1) is 6.54 Å². The summed E-state index contributed by atoms with van der Waals surface area (Å²) in [4.78, 5) is 26.3. The van der Waals surface area contributed by atoms with Gasteiger partial charge in [-0.05, 0) is 56.5 Å². The number of carbonyl (C=O) groups is 1. The number of aromatic nitrogens is 2. The molecule has 1 atom stereocenters. The highest BCUT2D eigenvalue weighted by atomic mass is 16.2. The fourth-order valence-electron chi connectivity index (χ4n) is 4.73. The Hall–Kier alpha value is -2.47. The summed E-state index contributed by atoms with van der Waals surface area (Å²) < 4.78 is 0. The van der Waals surface area contributed by atoms with Crippen LogP contribution in [0.4, 0.5) is 11.6 Å². The highest BCUT2D eigenvalue weighted by molar-refractivity contribution is 5.78. The van der Waals surface area contributed by atoms with E-state index in [0.717, 1.165) is 56.1 Å². The third-order valence-corrected chi connectivity index (χ3v) is 6.49. The van der Waals surface area contributed by atoms with Crippen LogP contribution in [-0.4, -0.2) is 58.4 Å². The second-order valence-electron chi connectivity index (χ2n) is 8.66. The van der Waals surface area contributed by atoms with Gasteiger partial charge < -0.3 is 10.2 Å². The number of hydrogen-bond donors (Lipinski definition) is 1. The van der Waals surface area contributed by atoms with Crippen molar-refractivity contribution in [2.75, 3.05) is 32.0 Å². The number of nitrogens with one attached hydrogen (secondary N) is 1. The molecule has 1 aliphatic carbocycles. The Morgan fingerprint density at radius 1 is 1.07 bits per heavy atom. The standard InChI is InChI=1S/C24H33N5O/c1-28(20-10-3-2-4-11-20)24(30)18-29-16-8-9-19(17-29)21-12-7-14-23(26-21)27-22-13-5-6-15-25-22/h5-7,12-15,19-20H,2-4,8-11,16-18H2,1H3,(H,25,26,27). The number of hydrogen-bond acceptors (Lipinski definition) is 5. The molecule has 6 heteroatoms. The van der Waals surface area contributed by atoms with E-state index in [4.69, 9.17) is 4.98 Å². The summed E-state index contributed by atoms with van der Waals surface area (Å²) in [5.41, 5.74) is 1.09. The summed E-state index contributed by atoms with van der Waals surface area (Å²) in [5, 5.41) is 3.28. The van der Waals surface area contributed by atoms with Gasteiger partial charge in [0.25, 0.3) is 0 Å². The van der Waals surface area contributed by atoms with Crippen molar-refractivity contribution < 1.29 is 4.79 Å². The van der Waals surface area contributed by atoms with Crippen LogP contribution in [0.2, 0.25) is 0 Å². The van der Waals surface area contributed by atoms with Gasteiger partial charge in [-0.15, -0.1) is 0 Å². The molecule has 1 amide bonds. The number of carbonyl (C=O) groups excluding carboxylic acids is 1. The highest BCUT2D eigenvalue weighted by Gasteiger charge is 2.27. The average molecular weight is 408 g/mol. The zero-order chi connectivity index (χ0) is 20.8. The zero-order valence-electron chi connectivity index (χ0n) is 18.0. The molecule has 160 valence electrons.